The smallest absolute Gasteiger partial charge is 0.340 e. The maximum Gasteiger partial charge on any atom is 0.340 e. The Morgan fingerprint density at radius 3 is 2.20 bits per heavy atom. The second-order valence-corrected chi connectivity index (χ2v) is 2.40. The Balaban J connectivity index is 0.00000196. The molecule has 0 spiro atoms. The average Bonchev–Trinajstić information content (AvgIpc) is 2.27. The molecule has 0 bridgehead atoms. The van der Waals surface area contributed by atoms with Crippen LogP contribution < -0.4 is 0 Å². The van der Waals surface area contributed by atoms with Crippen LogP contribution >= 0.6 is 12.4 Å². The van der Waals surface area contributed by atoms with E-state index < -0.39 is 11.9 Å². The van der Waals surface area contributed by atoms with E-state index in [0.29, 0.717) is 0 Å². The van der Waals surface area contributed by atoms with E-state index in [4.69, 9.17) is 0 Å². The fourth-order valence-corrected chi connectivity index (χ4v) is 0.955. The molecule has 0 atom stereocenters. The highest BCUT2D eigenvalue weighted by atomic mass is 35.5. The number of hydrogen-bond donors (Lipinski definition) is 0. The van der Waals surface area contributed by atoms with Crippen LogP contribution in [-0.2, 0) is 9.47 Å². The van der Waals surface area contributed by atoms with Crippen LogP contribution in [0, 0.1) is 0 Å². The summed E-state index contributed by atoms with van der Waals surface area (Å²) in [5, 5.41) is 0. The molecule has 1 aromatic heterocycles. The third kappa shape index (κ3) is 2.92. The van der Waals surface area contributed by atoms with Crippen molar-refractivity contribution in [3.05, 3.63) is 29.6 Å². The van der Waals surface area contributed by atoms with E-state index in [1.165, 1.54) is 32.7 Å². The molecular formula is C9H10ClNO4. The van der Waals surface area contributed by atoms with Crippen molar-refractivity contribution in [1.29, 1.82) is 0 Å². The van der Waals surface area contributed by atoms with Gasteiger partial charge in [-0.15, -0.1) is 12.4 Å². The number of carbonyl (C=O) groups excluding carboxylic acids is 2. The van der Waals surface area contributed by atoms with E-state index >= 15 is 0 Å². The predicted molar refractivity (Wildman–Crippen MR) is 54.2 cm³/mol. The minimum Gasteiger partial charge on any atom is -0.465 e. The van der Waals surface area contributed by atoms with E-state index in [1.807, 2.05) is 0 Å². The van der Waals surface area contributed by atoms with Crippen LogP contribution in [0.1, 0.15) is 20.7 Å². The molecule has 5 nitrogen and oxygen atoms in total. The summed E-state index contributed by atoms with van der Waals surface area (Å²) in [6, 6.07) is 1.40. The largest absolute Gasteiger partial charge is 0.465 e. The highest BCUT2D eigenvalue weighted by molar-refractivity contribution is 6.02. The van der Waals surface area contributed by atoms with E-state index in [1.54, 1.807) is 0 Å². The summed E-state index contributed by atoms with van der Waals surface area (Å²) in [6.45, 7) is 0. The average molecular weight is 232 g/mol. The van der Waals surface area contributed by atoms with Gasteiger partial charge in [0.25, 0.3) is 0 Å². The van der Waals surface area contributed by atoms with Gasteiger partial charge in [-0.1, -0.05) is 0 Å². The molecule has 0 amide bonds. The minimum atomic E-state index is -0.612. The SMILES string of the molecule is COC(=O)c1ccncc1C(=O)OC.Cl. The molecule has 0 fully saturated rings. The van der Waals surface area contributed by atoms with Gasteiger partial charge in [-0.25, -0.2) is 9.59 Å². The predicted octanol–water partition coefficient (Wildman–Crippen LogP) is 1.08. The van der Waals surface area contributed by atoms with Gasteiger partial charge in [0, 0.05) is 12.4 Å². The van der Waals surface area contributed by atoms with Crippen LogP contribution in [0.4, 0.5) is 0 Å². The second-order valence-electron chi connectivity index (χ2n) is 2.40. The van der Waals surface area contributed by atoms with Crippen LogP contribution in [0.25, 0.3) is 0 Å². The highest BCUT2D eigenvalue weighted by Gasteiger charge is 2.17. The number of pyridine rings is 1. The van der Waals surface area contributed by atoms with Crippen molar-refractivity contribution in [2.75, 3.05) is 14.2 Å². The van der Waals surface area contributed by atoms with Gasteiger partial charge in [0.2, 0.25) is 0 Å². The van der Waals surface area contributed by atoms with Crippen molar-refractivity contribution < 1.29 is 19.1 Å². The highest BCUT2D eigenvalue weighted by Crippen LogP contribution is 2.09. The first-order valence-corrected chi connectivity index (χ1v) is 3.81. The Kier molecular flexibility index (Phi) is 5.33. The fourth-order valence-electron chi connectivity index (χ4n) is 0.955. The van der Waals surface area contributed by atoms with Gasteiger partial charge >= 0.3 is 11.9 Å². The summed E-state index contributed by atoms with van der Waals surface area (Å²) < 4.78 is 8.98. The monoisotopic (exact) mass is 231 g/mol. The molecule has 1 heterocycles. The zero-order valence-electron chi connectivity index (χ0n) is 8.22. The number of nitrogens with zero attached hydrogens (tertiary/aromatic N) is 1. The van der Waals surface area contributed by atoms with Crippen molar-refractivity contribution in [2.45, 2.75) is 0 Å². The maximum absolute atomic E-state index is 11.2. The molecule has 0 aliphatic rings. The molecule has 0 aliphatic carbocycles. The summed E-state index contributed by atoms with van der Waals surface area (Å²) >= 11 is 0. The zero-order valence-corrected chi connectivity index (χ0v) is 9.04. The number of esters is 2. The summed E-state index contributed by atoms with van der Waals surface area (Å²) in [5.74, 6) is -1.20. The lowest BCUT2D eigenvalue weighted by atomic mass is 10.1. The first-order chi connectivity index (χ1) is 6.70. The molecule has 0 N–H and O–H groups in total. The third-order valence-electron chi connectivity index (χ3n) is 1.63. The molecule has 15 heavy (non-hydrogen) atoms. The Morgan fingerprint density at radius 2 is 1.67 bits per heavy atom. The van der Waals surface area contributed by atoms with Crippen LogP contribution in [-0.4, -0.2) is 31.1 Å². The number of methoxy groups -OCH3 is 2. The summed E-state index contributed by atoms with van der Waals surface area (Å²) in [7, 11) is 2.47. The number of ether oxygens (including phenoxy) is 2. The Hall–Kier alpha value is -1.62. The summed E-state index contributed by atoms with van der Waals surface area (Å²) in [5.41, 5.74) is 0.246. The topological polar surface area (TPSA) is 65.5 Å². The molecule has 0 radical (unpaired) electrons. The van der Waals surface area contributed by atoms with E-state index in [-0.39, 0.29) is 23.5 Å². The number of rotatable bonds is 2. The van der Waals surface area contributed by atoms with Gasteiger partial charge < -0.3 is 9.47 Å². The van der Waals surface area contributed by atoms with Crippen molar-refractivity contribution in [1.82, 2.24) is 4.98 Å². The Labute approximate surface area is 92.8 Å². The molecule has 6 heteroatoms. The summed E-state index contributed by atoms with van der Waals surface area (Å²) in [6.07, 6.45) is 2.66. The molecule has 82 valence electrons. The maximum atomic E-state index is 11.2. The van der Waals surface area contributed by atoms with Crippen LogP contribution in [0.2, 0.25) is 0 Å². The molecule has 0 saturated heterocycles. The Morgan fingerprint density at radius 1 is 1.13 bits per heavy atom. The van der Waals surface area contributed by atoms with Crippen LogP contribution in [0.15, 0.2) is 18.5 Å². The third-order valence-corrected chi connectivity index (χ3v) is 1.63. The second kappa shape index (κ2) is 5.98. The lowest BCUT2D eigenvalue weighted by Gasteiger charge is -2.04. The van der Waals surface area contributed by atoms with Crippen LogP contribution in [0.3, 0.4) is 0 Å². The first kappa shape index (κ1) is 13.4. The molecule has 0 aliphatic heterocycles. The van der Waals surface area contributed by atoms with Crippen LogP contribution in [0.5, 0.6) is 0 Å². The van der Waals surface area contributed by atoms with E-state index in [9.17, 15) is 9.59 Å². The Bertz CT molecular complexity index is 332. The standard InChI is InChI=1S/C9H9NO4.ClH/c1-13-8(11)6-3-4-10-5-7(6)9(12)14-2;/h3-5H,1-2H3;1H. The van der Waals surface area contributed by atoms with Gasteiger partial charge in [0.1, 0.15) is 0 Å². The fraction of sp³-hybridized carbons (Fsp3) is 0.222. The lowest BCUT2D eigenvalue weighted by molar-refractivity contribution is 0.0554. The minimum absolute atomic E-state index is 0. The van der Waals surface area contributed by atoms with Gasteiger partial charge in [0.05, 0.1) is 25.3 Å². The van der Waals surface area contributed by atoms with Crippen molar-refractivity contribution in [2.24, 2.45) is 0 Å². The van der Waals surface area contributed by atoms with E-state index in [2.05, 4.69) is 14.5 Å². The van der Waals surface area contributed by atoms with Gasteiger partial charge in [-0.3, -0.25) is 4.98 Å². The molecule has 0 aromatic carbocycles. The molecule has 1 rings (SSSR count). The van der Waals surface area contributed by atoms with Crippen molar-refractivity contribution in [3.8, 4) is 0 Å². The van der Waals surface area contributed by atoms with Gasteiger partial charge in [-0.2, -0.15) is 0 Å². The molecular weight excluding hydrogens is 222 g/mol. The molecule has 1 aromatic rings. The van der Waals surface area contributed by atoms with Crippen molar-refractivity contribution >= 4 is 24.3 Å². The summed E-state index contributed by atoms with van der Waals surface area (Å²) in [4.78, 5) is 26.1. The lowest BCUT2D eigenvalue weighted by Crippen LogP contribution is -2.11. The first-order valence-electron chi connectivity index (χ1n) is 3.81. The quantitative estimate of drug-likeness (QED) is 0.713. The van der Waals surface area contributed by atoms with Gasteiger partial charge in [-0.05, 0) is 6.07 Å². The normalized spacial score (nSPS) is 8.67. The van der Waals surface area contributed by atoms with Crippen molar-refractivity contribution in [3.63, 3.8) is 0 Å². The van der Waals surface area contributed by atoms with E-state index in [0.717, 1.165) is 0 Å². The number of halogens is 1. The number of carbonyl (C=O) groups is 2. The number of aromatic nitrogens is 1. The molecule has 0 unspecified atom stereocenters. The number of hydrogen-bond acceptors (Lipinski definition) is 5. The molecule has 0 saturated carbocycles. The zero-order chi connectivity index (χ0) is 10.6. The van der Waals surface area contributed by atoms with Gasteiger partial charge in [0.15, 0.2) is 0 Å².